The van der Waals surface area contributed by atoms with Gasteiger partial charge in [-0.25, -0.2) is 0 Å². The number of hydrogen-bond donors (Lipinski definition) is 0. The third kappa shape index (κ3) is 10.4. The molecule has 0 aliphatic heterocycles. The van der Waals surface area contributed by atoms with Gasteiger partial charge in [-0.1, -0.05) is 77.1 Å². The fourth-order valence-corrected chi connectivity index (χ4v) is 0.641. The van der Waals surface area contributed by atoms with Gasteiger partial charge in [-0.05, 0) is 18.1 Å². The predicted molar refractivity (Wildman–Crippen MR) is 75.0 cm³/mol. The Bertz CT molecular complexity index is 285. The van der Waals surface area contributed by atoms with Gasteiger partial charge in [0.1, 0.15) is 0 Å². The van der Waals surface area contributed by atoms with Gasteiger partial charge in [0.2, 0.25) is 0 Å². The van der Waals surface area contributed by atoms with Crippen molar-refractivity contribution in [1.29, 1.82) is 0 Å². The van der Waals surface area contributed by atoms with Crippen LogP contribution in [0.25, 0.3) is 0 Å². The summed E-state index contributed by atoms with van der Waals surface area (Å²) in [6.45, 7) is 17.0. The van der Waals surface area contributed by atoms with Crippen molar-refractivity contribution in [3.8, 4) is 0 Å². The molecule has 0 heterocycles. The maximum atomic E-state index is 3.87. The lowest BCUT2D eigenvalue weighted by molar-refractivity contribution is 1.52. The minimum Gasteiger partial charge on any atom is -0.0991 e. The van der Waals surface area contributed by atoms with Gasteiger partial charge in [-0.3, -0.25) is 0 Å². The molecular weight excluding hydrogens is 180 g/mol. The van der Waals surface area contributed by atoms with Crippen molar-refractivity contribution in [3.63, 3.8) is 0 Å². The molecule has 0 saturated heterocycles. The Morgan fingerprint density at radius 1 is 0.867 bits per heavy atom. The maximum absolute atomic E-state index is 3.87. The zero-order valence-corrected chi connectivity index (χ0v) is 8.22. The van der Waals surface area contributed by atoms with E-state index in [9.17, 15) is 0 Å². The van der Waals surface area contributed by atoms with Crippen LogP contribution in [0.15, 0.2) is 73.4 Å². The molecule has 0 aliphatic carbocycles. The third-order valence-corrected chi connectivity index (χ3v) is 1.41. The van der Waals surface area contributed by atoms with Gasteiger partial charge in [0.25, 0.3) is 0 Å². The second kappa shape index (κ2) is 10.5. The first kappa shape index (κ1) is 19.1. The predicted octanol–water partition coefficient (Wildman–Crippen LogP) is 5.25. The summed E-state index contributed by atoms with van der Waals surface area (Å²) in [6, 6.07) is 0. The monoisotopic (exact) mass is 204 g/mol. The van der Waals surface area contributed by atoms with E-state index in [1.54, 1.807) is 6.08 Å². The van der Waals surface area contributed by atoms with Gasteiger partial charge in [-0.2, -0.15) is 0 Å². The molecule has 0 aromatic carbocycles. The summed E-state index contributed by atoms with van der Waals surface area (Å²) in [6.07, 6.45) is 9.23. The second-order valence-electron chi connectivity index (χ2n) is 2.82. The molecule has 0 radical (unpaired) electrons. The van der Waals surface area contributed by atoms with Gasteiger partial charge < -0.3 is 0 Å². The molecule has 0 aromatic rings. The average molecular weight is 204 g/mol. The summed E-state index contributed by atoms with van der Waals surface area (Å²) in [5.41, 5.74) is 2.78. The largest absolute Gasteiger partial charge is 0.0991 e. The van der Waals surface area contributed by atoms with Crippen LogP contribution in [-0.4, -0.2) is 0 Å². The van der Waals surface area contributed by atoms with Gasteiger partial charge in [-0.15, -0.1) is 0 Å². The molecule has 84 valence electrons. The van der Waals surface area contributed by atoms with Crippen molar-refractivity contribution in [2.75, 3.05) is 0 Å². The van der Waals surface area contributed by atoms with Crippen molar-refractivity contribution in [2.45, 2.75) is 21.8 Å². The van der Waals surface area contributed by atoms with Crippen LogP contribution < -0.4 is 0 Å². The van der Waals surface area contributed by atoms with Gasteiger partial charge in [0.05, 0.1) is 0 Å². The molecule has 0 atom stereocenters. The summed E-state index contributed by atoms with van der Waals surface area (Å²) in [5, 5.41) is 0. The molecule has 0 nitrogen and oxygen atoms in total. The second-order valence-corrected chi connectivity index (χ2v) is 2.82. The standard InChI is InChI=1S/C13H16.2CH4/c1-6-7-8-12(4)13(5)10-9-11(2)3;;/h6-10H,1-2,4-5H2,3H3;2*1H4/b8-7-,10-9-;;. The Morgan fingerprint density at radius 3 is 1.73 bits per heavy atom. The van der Waals surface area contributed by atoms with Crippen molar-refractivity contribution in [2.24, 2.45) is 0 Å². The van der Waals surface area contributed by atoms with E-state index < -0.39 is 0 Å². The summed E-state index contributed by atoms with van der Waals surface area (Å²) < 4.78 is 0. The molecule has 15 heavy (non-hydrogen) atoms. The number of hydrogen-bond acceptors (Lipinski definition) is 0. The van der Waals surface area contributed by atoms with E-state index in [0.29, 0.717) is 0 Å². The van der Waals surface area contributed by atoms with Crippen LogP contribution in [0.4, 0.5) is 0 Å². The van der Waals surface area contributed by atoms with Crippen LogP contribution in [-0.2, 0) is 0 Å². The van der Waals surface area contributed by atoms with Crippen LogP contribution in [0.2, 0.25) is 0 Å². The topological polar surface area (TPSA) is 0 Å². The van der Waals surface area contributed by atoms with Crippen molar-refractivity contribution >= 4 is 0 Å². The van der Waals surface area contributed by atoms with Crippen molar-refractivity contribution in [1.82, 2.24) is 0 Å². The van der Waals surface area contributed by atoms with E-state index >= 15 is 0 Å². The van der Waals surface area contributed by atoms with E-state index in [1.807, 2.05) is 31.2 Å². The van der Waals surface area contributed by atoms with Gasteiger partial charge >= 0.3 is 0 Å². The zero-order chi connectivity index (χ0) is 10.3. The summed E-state index contributed by atoms with van der Waals surface area (Å²) in [7, 11) is 0. The Morgan fingerprint density at radius 2 is 1.33 bits per heavy atom. The molecule has 0 saturated carbocycles. The maximum Gasteiger partial charge on any atom is -0.0262 e. The minimum atomic E-state index is 0. The van der Waals surface area contributed by atoms with Gasteiger partial charge in [0, 0.05) is 0 Å². The first-order valence-electron chi connectivity index (χ1n) is 4.08. The Balaban J connectivity index is -0.000000720. The molecule has 0 bridgehead atoms. The third-order valence-electron chi connectivity index (χ3n) is 1.41. The van der Waals surface area contributed by atoms with Crippen molar-refractivity contribution in [3.05, 3.63) is 73.4 Å². The first-order chi connectivity index (χ1) is 6.07. The van der Waals surface area contributed by atoms with E-state index in [2.05, 4.69) is 26.3 Å². The van der Waals surface area contributed by atoms with Crippen LogP contribution >= 0.6 is 0 Å². The summed E-state index contributed by atoms with van der Waals surface area (Å²) >= 11 is 0. The lowest BCUT2D eigenvalue weighted by atomic mass is 10.1. The highest BCUT2D eigenvalue weighted by atomic mass is 13.9. The highest BCUT2D eigenvalue weighted by Gasteiger charge is 1.89. The normalized spacial score (nSPS) is 9.13. The van der Waals surface area contributed by atoms with E-state index in [0.717, 1.165) is 16.7 Å². The van der Waals surface area contributed by atoms with Crippen LogP contribution in [0.1, 0.15) is 21.8 Å². The molecule has 0 fully saturated rings. The molecule has 0 N–H and O–H groups in total. The molecule has 0 unspecified atom stereocenters. The van der Waals surface area contributed by atoms with E-state index in [-0.39, 0.29) is 14.9 Å². The fourth-order valence-electron chi connectivity index (χ4n) is 0.641. The highest BCUT2D eigenvalue weighted by molar-refractivity contribution is 5.44. The number of rotatable bonds is 5. The minimum absolute atomic E-state index is 0. The summed E-state index contributed by atoms with van der Waals surface area (Å²) in [5.74, 6) is 0. The molecule has 0 aromatic heterocycles. The Hall–Kier alpha value is -1.56. The molecular formula is C15H24. The fraction of sp³-hybridized carbons (Fsp3) is 0.200. The lowest BCUT2D eigenvalue weighted by Gasteiger charge is -1.97. The smallest absolute Gasteiger partial charge is 0.0262 e. The quantitative estimate of drug-likeness (QED) is 0.537. The molecule has 0 heteroatoms. The van der Waals surface area contributed by atoms with Crippen LogP contribution in [0.5, 0.6) is 0 Å². The van der Waals surface area contributed by atoms with Gasteiger partial charge in [0.15, 0.2) is 0 Å². The zero-order valence-electron chi connectivity index (χ0n) is 8.22. The van der Waals surface area contributed by atoms with Crippen LogP contribution in [0.3, 0.4) is 0 Å². The molecule has 0 rings (SSSR count). The summed E-state index contributed by atoms with van der Waals surface area (Å²) in [4.78, 5) is 0. The Kier molecular flexibility index (Phi) is 13.4. The molecule has 0 aliphatic rings. The SMILES string of the molecule is C.C.C=C/C=C\C(=C)C(=C)/C=C\C(=C)C. The molecule has 0 spiro atoms. The van der Waals surface area contributed by atoms with Crippen molar-refractivity contribution < 1.29 is 0 Å². The first-order valence-corrected chi connectivity index (χ1v) is 4.08. The average Bonchev–Trinajstić information content (AvgIpc) is 2.10. The highest BCUT2D eigenvalue weighted by Crippen LogP contribution is 2.09. The van der Waals surface area contributed by atoms with E-state index in [1.165, 1.54) is 0 Å². The molecule has 0 amide bonds. The Labute approximate surface area is 95.7 Å². The van der Waals surface area contributed by atoms with Crippen LogP contribution in [0, 0.1) is 0 Å². The number of allylic oxidation sites excluding steroid dienone is 8. The van der Waals surface area contributed by atoms with E-state index in [4.69, 9.17) is 0 Å². The lowest BCUT2D eigenvalue weighted by Crippen LogP contribution is -1.77.